The Kier molecular flexibility index (Phi) is 7.60. The monoisotopic (exact) mass is 277 g/mol. The molecule has 0 aliphatic carbocycles. The van der Waals surface area contributed by atoms with Gasteiger partial charge in [0, 0.05) is 18.1 Å². The number of nitriles is 1. The normalized spacial score (nSPS) is 21.6. The van der Waals surface area contributed by atoms with Crippen LogP contribution in [0.5, 0.6) is 0 Å². The third-order valence-corrected chi connectivity index (χ3v) is 3.63. The lowest BCUT2D eigenvalue weighted by Crippen LogP contribution is -2.52. The number of carbonyl (C=O) groups excluding carboxylic acids is 1. The molecule has 4 nitrogen and oxygen atoms in total. The molecule has 1 rings (SSSR count). The van der Waals surface area contributed by atoms with E-state index in [1.165, 1.54) is 0 Å². The van der Waals surface area contributed by atoms with Gasteiger partial charge in [-0.05, 0) is 12.3 Å². The van der Waals surface area contributed by atoms with Crippen LogP contribution in [-0.2, 0) is 4.79 Å². The Balaban J connectivity index is 0.00000256. The third kappa shape index (κ3) is 4.74. The van der Waals surface area contributed by atoms with E-state index in [4.69, 9.17) is 11.0 Å². The van der Waals surface area contributed by atoms with Gasteiger partial charge in [0.25, 0.3) is 0 Å². The van der Waals surface area contributed by atoms with Gasteiger partial charge in [-0.2, -0.15) is 17.0 Å². The number of thioether (sulfide) groups is 1. The maximum absolute atomic E-state index is 12.0. The van der Waals surface area contributed by atoms with Crippen molar-refractivity contribution in [1.29, 1.82) is 5.26 Å². The van der Waals surface area contributed by atoms with Crippen LogP contribution >= 0.6 is 24.2 Å². The molecule has 0 aromatic carbocycles. The second-order valence-electron chi connectivity index (χ2n) is 4.49. The van der Waals surface area contributed by atoms with Gasteiger partial charge in [0.15, 0.2) is 0 Å². The number of amides is 1. The summed E-state index contributed by atoms with van der Waals surface area (Å²) in [6.07, 6.45) is 0.681. The van der Waals surface area contributed by atoms with E-state index in [0.717, 1.165) is 5.75 Å². The molecule has 0 saturated carbocycles. The first kappa shape index (κ1) is 16.6. The number of hydrogen-bond donors (Lipinski definition) is 1. The quantitative estimate of drug-likeness (QED) is 0.843. The van der Waals surface area contributed by atoms with Crippen LogP contribution in [0.3, 0.4) is 0 Å². The summed E-state index contributed by atoms with van der Waals surface area (Å²) >= 11 is 1.72. The van der Waals surface area contributed by atoms with Crippen molar-refractivity contribution in [3.8, 4) is 6.07 Å². The van der Waals surface area contributed by atoms with E-state index in [9.17, 15) is 4.79 Å². The first-order valence-corrected chi connectivity index (χ1v) is 6.75. The van der Waals surface area contributed by atoms with Gasteiger partial charge in [-0.1, -0.05) is 13.8 Å². The highest BCUT2D eigenvalue weighted by Gasteiger charge is 2.30. The Labute approximate surface area is 113 Å². The van der Waals surface area contributed by atoms with Gasteiger partial charge in [0.2, 0.25) is 5.91 Å². The molecule has 0 aromatic rings. The molecule has 0 aromatic heterocycles. The first-order valence-electron chi connectivity index (χ1n) is 5.59. The summed E-state index contributed by atoms with van der Waals surface area (Å²) in [7, 11) is 0. The van der Waals surface area contributed by atoms with E-state index >= 15 is 0 Å². The largest absolute Gasteiger partial charge is 0.324 e. The molecule has 1 aliphatic rings. The minimum Gasteiger partial charge on any atom is -0.324 e. The third-order valence-electron chi connectivity index (χ3n) is 2.60. The molecule has 0 spiro atoms. The smallest absolute Gasteiger partial charge is 0.240 e. The summed E-state index contributed by atoms with van der Waals surface area (Å²) < 4.78 is 0. The summed E-state index contributed by atoms with van der Waals surface area (Å²) in [5.74, 6) is 1.94. The molecular formula is C11H20ClN3OS. The summed E-state index contributed by atoms with van der Waals surface area (Å²) in [5, 5.41) is 8.98. The molecule has 0 unspecified atom stereocenters. The van der Waals surface area contributed by atoms with Crippen LogP contribution in [0.4, 0.5) is 0 Å². The van der Waals surface area contributed by atoms with Crippen molar-refractivity contribution >= 4 is 30.1 Å². The molecule has 1 amide bonds. The number of nitrogens with zero attached hydrogens (tertiary/aromatic N) is 2. The van der Waals surface area contributed by atoms with Crippen LogP contribution in [0, 0.1) is 17.2 Å². The van der Waals surface area contributed by atoms with Gasteiger partial charge < -0.3 is 10.6 Å². The summed E-state index contributed by atoms with van der Waals surface area (Å²) in [5.41, 5.74) is 5.86. The van der Waals surface area contributed by atoms with Crippen molar-refractivity contribution in [2.75, 3.05) is 18.1 Å². The van der Waals surface area contributed by atoms with Crippen LogP contribution in [-0.4, -0.2) is 40.9 Å². The lowest BCUT2D eigenvalue weighted by molar-refractivity contribution is -0.133. The number of hydrogen-bond acceptors (Lipinski definition) is 4. The highest BCUT2D eigenvalue weighted by molar-refractivity contribution is 7.99. The Bertz CT molecular complexity index is 293. The standard InChI is InChI=1S/C11H19N3OS.ClH/c1-8(2)5-10(13)11(15)14-3-4-16-7-9(14)6-12;/h8-10H,3-5,7,13H2,1-2H3;1H/t9-,10-;/m1./s1. The van der Waals surface area contributed by atoms with E-state index < -0.39 is 6.04 Å². The minimum atomic E-state index is -0.459. The predicted molar refractivity (Wildman–Crippen MR) is 73.1 cm³/mol. The lowest BCUT2D eigenvalue weighted by Gasteiger charge is -2.33. The van der Waals surface area contributed by atoms with E-state index in [-0.39, 0.29) is 24.4 Å². The van der Waals surface area contributed by atoms with Gasteiger partial charge in [-0.3, -0.25) is 4.79 Å². The van der Waals surface area contributed by atoms with Crippen molar-refractivity contribution in [2.24, 2.45) is 11.7 Å². The maximum atomic E-state index is 12.0. The molecule has 98 valence electrons. The molecule has 6 heteroatoms. The van der Waals surface area contributed by atoms with Crippen molar-refractivity contribution < 1.29 is 4.79 Å². The van der Waals surface area contributed by atoms with E-state index in [1.54, 1.807) is 16.7 Å². The predicted octanol–water partition coefficient (Wildman–Crippen LogP) is 1.25. The second kappa shape index (κ2) is 7.80. The fourth-order valence-corrected chi connectivity index (χ4v) is 2.77. The van der Waals surface area contributed by atoms with Gasteiger partial charge in [0.05, 0.1) is 12.1 Å². The molecule has 2 atom stereocenters. The SMILES string of the molecule is CC(C)C[C@@H](N)C(=O)N1CCSC[C@H]1C#N.Cl. The zero-order valence-electron chi connectivity index (χ0n) is 10.3. The van der Waals surface area contributed by atoms with Crippen LogP contribution < -0.4 is 5.73 Å². The molecule has 1 heterocycles. The molecule has 0 bridgehead atoms. The Morgan fingerprint density at radius 2 is 2.29 bits per heavy atom. The number of halogens is 1. The Morgan fingerprint density at radius 3 is 2.82 bits per heavy atom. The molecule has 1 fully saturated rings. The summed E-state index contributed by atoms with van der Waals surface area (Å²) in [6.45, 7) is 4.73. The number of carbonyl (C=O) groups is 1. The van der Waals surface area contributed by atoms with Crippen LogP contribution in [0.15, 0.2) is 0 Å². The molecule has 17 heavy (non-hydrogen) atoms. The van der Waals surface area contributed by atoms with Crippen LogP contribution in [0.2, 0.25) is 0 Å². The molecule has 2 N–H and O–H groups in total. The van der Waals surface area contributed by atoms with Crippen molar-refractivity contribution in [3.63, 3.8) is 0 Å². The Morgan fingerprint density at radius 1 is 1.65 bits per heavy atom. The first-order chi connectivity index (χ1) is 7.56. The van der Waals surface area contributed by atoms with Crippen LogP contribution in [0.25, 0.3) is 0 Å². The van der Waals surface area contributed by atoms with Gasteiger partial charge in [-0.15, -0.1) is 12.4 Å². The number of rotatable bonds is 3. The van der Waals surface area contributed by atoms with Crippen molar-refractivity contribution in [2.45, 2.75) is 32.4 Å². The topological polar surface area (TPSA) is 70.1 Å². The highest BCUT2D eigenvalue weighted by atomic mass is 35.5. The number of nitrogens with two attached hydrogens (primary N) is 1. The van der Waals surface area contributed by atoms with E-state index in [0.29, 0.717) is 24.6 Å². The maximum Gasteiger partial charge on any atom is 0.240 e. The average molecular weight is 278 g/mol. The van der Waals surface area contributed by atoms with Gasteiger partial charge in [0.1, 0.15) is 6.04 Å². The van der Waals surface area contributed by atoms with E-state index in [2.05, 4.69) is 6.07 Å². The summed E-state index contributed by atoms with van der Waals surface area (Å²) in [6, 6.07) is 1.41. The van der Waals surface area contributed by atoms with Gasteiger partial charge >= 0.3 is 0 Å². The molecule has 1 saturated heterocycles. The fraction of sp³-hybridized carbons (Fsp3) is 0.818. The fourth-order valence-electron chi connectivity index (χ4n) is 1.80. The van der Waals surface area contributed by atoms with Crippen molar-refractivity contribution in [3.05, 3.63) is 0 Å². The second-order valence-corrected chi connectivity index (χ2v) is 5.64. The average Bonchev–Trinajstić information content (AvgIpc) is 2.27. The molecule has 0 radical (unpaired) electrons. The summed E-state index contributed by atoms with van der Waals surface area (Å²) in [4.78, 5) is 13.7. The highest BCUT2D eigenvalue weighted by Crippen LogP contribution is 2.17. The zero-order valence-corrected chi connectivity index (χ0v) is 11.9. The molecule has 1 aliphatic heterocycles. The van der Waals surface area contributed by atoms with Crippen LogP contribution in [0.1, 0.15) is 20.3 Å². The van der Waals surface area contributed by atoms with Gasteiger partial charge in [-0.25, -0.2) is 0 Å². The Hall–Kier alpha value is -0.440. The zero-order chi connectivity index (χ0) is 12.1. The van der Waals surface area contributed by atoms with Crippen molar-refractivity contribution in [1.82, 2.24) is 4.90 Å². The van der Waals surface area contributed by atoms with E-state index in [1.807, 2.05) is 13.8 Å². The molecular weight excluding hydrogens is 258 g/mol. The lowest BCUT2D eigenvalue weighted by atomic mass is 10.0. The minimum absolute atomic E-state index is 0.